The van der Waals surface area contributed by atoms with Crippen LogP contribution in [0.2, 0.25) is 0 Å². The smallest absolute Gasteiger partial charge is 0.0175 e. The lowest BCUT2D eigenvalue weighted by molar-refractivity contribution is 0.464. The van der Waals surface area contributed by atoms with Crippen LogP contribution >= 0.6 is 15.9 Å². The number of hydrogen-bond acceptors (Lipinski definition) is 1. The standard InChI is InChI=1S/C14H22BrN/c1-2-3-4-5-13(11-16)10-12-6-8-14(15)9-7-12/h6-9,13H,2-5,10-11,16H2,1H3. The zero-order chi connectivity index (χ0) is 11.8. The van der Waals surface area contributed by atoms with Crippen LogP contribution in [-0.4, -0.2) is 6.54 Å². The summed E-state index contributed by atoms with van der Waals surface area (Å²) in [6.07, 6.45) is 6.31. The third-order valence-electron chi connectivity index (χ3n) is 2.99. The van der Waals surface area contributed by atoms with Gasteiger partial charge in [-0.25, -0.2) is 0 Å². The summed E-state index contributed by atoms with van der Waals surface area (Å²) < 4.78 is 1.14. The Morgan fingerprint density at radius 1 is 1.19 bits per heavy atom. The molecule has 0 aromatic heterocycles. The van der Waals surface area contributed by atoms with Gasteiger partial charge in [0.05, 0.1) is 0 Å². The number of nitrogens with two attached hydrogens (primary N) is 1. The highest BCUT2D eigenvalue weighted by Crippen LogP contribution is 2.17. The van der Waals surface area contributed by atoms with Gasteiger partial charge in [-0.2, -0.15) is 0 Å². The van der Waals surface area contributed by atoms with E-state index in [4.69, 9.17) is 5.73 Å². The van der Waals surface area contributed by atoms with Gasteiger partial charge in [-0.3, -0.25) is 0 Å². The molecule has 0 spiro atoms. The molecule has 0 heterocycles. The molecular weight excluding hydrogens is 262 g/mol. The molecule has 0 aliphatic heterocycles. The van der Waals surface area contributed by atoms with Gasteiger partial charge >= 0.3 is 0 Å². The van der Waals surface area contributed by atoms with Crippen molar-refractivity contribution in [2.45, 2.75) is 39.0 Å². The molecule has 0 saturated heterocycles. The lowest BCUT2D eigenvalue weighted by atomic mass is 9.94. The van der Waals surface area contributed by atoms with Crippen molar-refractivity contribution < 1.29 is 0 Å². The molecule has 1 unspecified atom stereocenters. The second kappa shape index (κ2) is 7.86. The molecule has 90 valence electrons. The second-order valence-electron chi connectivity index (χ2n) is 4.43. The van der Waals surface area contributed by atoms with Crippen LogP contribution in [0.3, 0.4) is 0 Å². The van der Waals surface area contributed by atoms with Gasteiger partial charge in [0.1, 0.15) is 0 Å². The Kier molecular flexibility index (Phi) is 6.74. The van der Waals surface area contributed by atoms with E-state index in [1.165, 1.54) is 31.2 Å². The predicted molar refractivity (Wildman–Crippen MR) is 74.5 cm³/mol. The third-order valence-corrected chi connectivity index (χ3v) is 3.52. The van der Waals surface area contributed by atoms with Crippen LogP contribution in [0.4, 0.5) is 0 Å². The van der Waals surface area contributed by atoms with E-state index in [-0.39, 0.29) is 0 Å². The van der Waals surface area contributed by atoms with Gasteiger partial charge in [0.2, 0.25) is 0 Å². The lowest BCUT2D eigenvalue weighted by Gasteiger charge is -2.14. The van der Waals surface area contributed by atoms with Gasteiger partial charge in [-0.1, -0.05) is 54.2 Å². The minimum Gasteiger partial charge on any atom is -0.330 e. The molecule has 0 bridgehead atoms. The highest BCUT2D eigenvalue weighted by molar-refractivity contribution is 9.10. The molecule has 1 rings (SSSR count). The third kappa shape index (κ3) is 5.13. The topological polar surface area (TPSA) is 26.0 Å². The minimum atomic E-state index is 0.646. The number of halogens is 1. The highest BCUT2D eigenvalue weighted by atomic mass is 79.9. The Morgan fingerprint density at radius 3 is 2.44 bits per heavy atom. The molecule has 0 aliphatic carbocycles. The van der Waals surface area contributed by atoms with Crippen LogP contribution in [0.1, 0.15) is 38.2 Å². The average Bonchev–Trinajstić information content (AvgIpc) is 2.31. The summed E-state index contributed by atoms with van der Waals surface area (Å²) in [5.41, 5.74) is 7.22. The first-order valence-corrected chi connectivity index (χ1v) is 7.00. The van der Waals surface area contributed by atoms with Crippen LogP contribution in [0.15, 0.2) is 28.7 Å². The van der Waals surface area contributed by atoms with E-state index in [9.17, 15) is 0 Å². The van der Waals surface area contributed by atoms with Gasteiger partial charge in [-0.05, 0) is 43.0 Å². The summed E-state index contributed by atoms with van der Waals surface area (Å²) in [6, 6.07) is 8.59. The Morgan fingerprint density at radius 2 is 1.88 bits per heavy atom. The van der Waals surface area contributed by atoms with E-state index in [2.05, 4.69) is 47.1 Å². The van der Waals surface area contributed by atoms with E-state index >= 15 is 0 Å². The molecule has 2 N–H and O–H groups in total. The van der Waals surface area contributed by atoms with Crippen molar-refractivity contribution in [1.82, 2.24) is 0 Å². The predicted octanol–water partition coefficient (Wildman–Crippen LogP) is 4.15. The van der Waals surface area contributed by atoms with Crippen LogP contribution in [0.5, 0.6) is 0 Å². The summed E-state index contributed by atoms with van der Waals surface area (Å²) >= 11 is 3.46. The molecule has 2 heteroatoms. The molecular formula is C14H22BrN. The maximum Gasteiger partial charge on any atom is 0.0175 e. The first-order valence-electron chi connectivity index (χ1n) is 6.20. The van der Waals surface area contributed by atoms with Crippen molar-refractivity contribution in [3.05, 3.63) is 34.3 Å². The van der Waals surface area contributed by atoms with Crippen LogP contribution in [0.25, 0.3) is 0 Å². The number of hydrogen-bond donors (Lipinski definition) is 1. The van der Waals surface area contributed by atoms with Crippen molar-refractivity contribution in [2.24, 2.45) is 11.7 Å². The molecule has 1 atom stereocenters. The molecule has 1 nitrogen and oxygen atoms in total. The highest BCUT2D eigenvalue weighted by Gasteiger charge is 2.07. The van der Waals surface area contributed by atoms with Crippen LogP contribution < -0.4 is 5.73 Å². The summed E-state index contributed by atoms with van der Waals surface area (Å²) in [6.45, 7) is 3.05. The van der Waals surface area contributed by atoms with Gasteiger partial charge in [0, 0.05) is 4.47 Å². The van der Waals surface area contributed by atoms with Crippen molar-refractivity contribution in [1.29, 1.82) is 0 Å². The van der Waals surface area contributed by atoms with E-state index in [0.717, 1.165) is 17.4 Å². The van der Waals surface area contributed by atoms with E-state index in [0.29, 0.717) is 5.92 Å². The fraction of sp³-hybridized carbons (Fsp3) is 0.571. The van der Waals surface area contributed by atoms with E-state index < -0.39 is 0 Å². The number of rotatable bonds is 7. The largest absolute Gasteiger partial charge is 0.330 e. The Bertz CT molecular complexity index is 281. The Balaban J connectivity index is 2.40. The molecule has 1 aromatic carbocycles. The summed E-state index contributed by atoms with van der Waals surface area (Å²) in [7, 11) is 0. The van der Waals surface area contributed by atoms with Crippen molar-refractivity contribution in [3.63, 3.8) is 0 Å². The van der Waals surface area contributed by atoms with Gasteiger partial charge in [0.25, 0.3) is 0 Å². The quantitative estimate of drug-likeness (QED) is 0.748. The van der Waals surface area contributed by atoms with E-state index in [1.54, 1.807) is 0 Å². The fourth-order valence-electron chi connectivity index (χ4n) is 1.94. The molecule has 0 saturated carbocycles. The molecule has 16 heavy (non-hydrogen) atoms. The van der Waals surface area contributed by atoms with Gasteiger partial charge in [-0.15, -0.1) is 0 Å². The van der Waals surface area contributed by atoms with Crippen molar-refractivity contribution in [3.8, 4) is 0 Å². The first kappa shape index (κ1) is 13.7. The Labute approximate surface area is 108 Å². The van der Waals surface area contributed by atoms with Crippen LogP contribution in [-0.2, 0) is 6.42 Å². The maximum atomic E-state index is 5.82. The molecule has 0 aliphatic rings. The van der Waals surface area contributed by atoms with Gasteiger partial charge < -0.3 is 5.73 Å². The average molecular weight is 284 g/mol. The number of benzene rings is 1. The fourth-order valence-corrected chi connectivity index (χ4v) is 2.20. The summed E-state index contributed by atoms with van der Waals surface area (Å²) in [5.74, 6) is 0.646. The monoisotopic (exact) mass is 283 g/mol. The second-order valence-corrected chi connectivity index (χ2v) is 5.34. The van der Waals surface area contributed by atoms with Crippen molar-refractivity contribution in [2.75, 3.05) is 6.54 Å². The molecule has 1 aromatic rings. The molecule has 0 fully saturated rings. The number of unbranched alkanes of at least 4 members (excludes halogenated alkanes) is 2. The minimum absolute atomic E-state index is 0.646. The molecule has 0 amide bonds. The van der Waals surface area contributed by atoms with Gasteiger partial charge in [0.15, 0.2) is 0 Å². The summed E-state index contributed by atoms with van der Waals surface area (Å²) in [5, 5.41) is 0. The first-order chi connectivity index (χ1) is 7.76. The zero-order valence-electron chi connectivity index (χ0n) is 10.1. The lowest BCUT2D eigenvalue weighted by Crippen LogP contribution is -2.16. The normalized spacial score (nSPS) is 12.7. The Hall–Kier alpha value is -0.340. The maximum absolute atomic E-state index is 5.82. The SMILES string of the molecule is CCCCCC(CN)Cc1ccc(Br)cc1. The van der Waals surface area contributed by atoms with E-state index in [1.807, 2.05) is 0 Å². The molecule has 0 radical (unpaired) electrons. The summed E-state index contributed by atoms with van der Waals surface area (Å²) in [4.78, 5) is 0. The zero-order valence-corrected chi connectivity index (χ0v) is 11.7. The van der Waals surface area contributed by atoms with Crippen LogP contribution in [0, 0.1) is 5.92 Å². The van der Waals surface area contributed by atoms with Crippen molar-refractivity contribution >= 4 is 15.9 Å².